The molecule has 0 aliphatic carbocycles. The number of hydrogen-bond donors (Lipinski definition) is 2. The highest BCUT2D eigenvalue weighted by molar-refractivity contribution is 6.39. The Balaban J connectivity index is 2.10. The molecular formula is C26H16O2. The third kappa shape index (κ3) is 1.92. The molecule has 0 spiro atoms. The first-order valence-corrected chi connectivity index (χ1v) is 9.33. The lowest BCUT2D eigenvalue weighted by molar-refractivity contribution is 0.475. The van der Waals surface area contributed by atoms with Crippen LogP contribution in [0.4, 0.5) is 0 Å². The molecule has 2 heteroatoms. The van der Waals surface area contributed by atoms with Gasteiger partial charge in [-0.15, -0.1) is 0 Å². The molecule has 0 saturated heterocycles. The van der Waals surface area contributed by atoms with E-state index in [2.05, 4.69) is 36.4 Å². The highest BCUT2D eigenvalue weighted by Crippen LogP contribution is 2.44. The summed E-state index contributed by atoms with van der Waals surface area (Å²) in [5.41, 5.74) is 0. The Morgan fingerprint density at radius 1 is 0.357 bits per heavy atom. The number of phenolic OH excluding ortho intramolecular Hbond substituents is 2. The van der Waals surface area contributed by atoms with Gasteiger partial charge in [-0.1, -0.05) is 60.7 Å². The summed E-state index contributed by atoms with van der Waals surface area (Å²) in [4.78, 5) is 0. The lowest BCUT2D eigenvalue weighted by Gasteiger charge is -2.16. The lowest BCUT2D eigenvalue weighted by atomic mass is 9.87. The van der Waals surface area contributed by atoms with Gasteiger partial charge in [-0.3, -0.25) is 0 Å². The molecule has 0 fully saturated rings. The fourth-order valence-corrected chi connectivity index (χ4v) is 4.65. The number of phenols is 2. The van der Waals surface area contributed by atoms with E-state index in [1.807, 2.05) is 36.4 Å². The Morgan fingerprint density at radius 3 is 1.14 bits per heavy atom. The molecule has 0 saturated carbocycles. The first-order chi connectivity index (χ1) is 13.7. The molecule has 0 unspecified atom stereocenters. The molecule has 0 radical (unpaired) electrons. The minimum atomic E-state index is 0.264. The van der Waals surface area contributed by atoms with Crippen molar-refractivity contribution in [2.75, 3.05) is 0 Å². The topological polar surface area (TPSA) is 40.5 Å². The Morgan fingerprint density at radius 2 is 0.714 bits per heavy atom. The molecule has 0 bridgehead atoms. The fraction of sp³-hybridized carbons (Fsp3) is 0. The van der Waals surface area contributed by atoms with Crippen molar-refractivity contribution >= 4 is 53.9 Å². The largest absolute Gasteiger partial charge is 0.508 e. The normalized spacial score (nSPS) is 11.9. The van der Waals surface area contributed by atoms with Gasteiger partial charge in [-0.2, -0.15) is 0 Å². The van der Waals surface area contributed by atoms with E-state index in [1.54, 1.807) is 12.1 Å². The second-order valence-electron chi connectivity index (χ2n) is 7.30. The third-order valence-corrected chi connectivity index (χ3v) is 5.77. The van der Waals surface area contributed by atoms with E-state index in [0.29, 0.717) is 0 Å². The molecule has 0 aliphatic heterocycles. The molecule has 0 amide bonds. The number of hydrogen-bond acceptors (Lipinski definition) is 2. The van der Waals surface area contributed by atoms with Crippen LogP contribution in [-0.4, -0.2) is 10.2 Å². The van der Waals surface area contributed by atoms with Gasteiger partial charge >= 0.3 is 0 Å². The molecule has 0 aliphatic rings. The Labute approximate surface area is 160 Å². The molecule has 2 N–H and O–H groups in total. The van der Waals surface area contributed by atoms with Gasteiger partial charge < -0.3 is 10.2 Å². The molecular weight excluding hydrogens is 344 g/mol. The van der Waals surface area contributed by atoms with Crippen LogP contribution in [0.3, 0.4) is 0 Å². The zero-order chi connectivity index (χ0) is 18.8. The summed E-state index contributed by atoms with van der Waals surface area (Å²) >= 11 is 0. The van der Waals surface area contributed by atoms with Gasteiger partial charge in [0.1, 0.15) is 11.5 Å². The Hall–Kier alpha value is -3.78. The van der Waals surface area contributed by atoms with Crippen LogP contribution < -0.4 is 0 Å². The summed E-state index contributed by atoms with van der Waals surface area (Å²) < 4.78 is 0. The van der Waals surface area contributed by atoms with Crippen LogP contribution in [0, 0.1) is 0 Å². The molecule has 6 aromatic carbocycles. The summed E-state index contributed by atoms with van der Waals surface area (Å²) in [6.45, 7) is 0. The Kier molecular flexibility index (Phi) is 2.93. The smallest absolute Gasteiger partial charge is 0.116 e. The fourth-order valence-electron chi connectivity index (χ4n) is 4.65. The van der Waals surface area contributed by atoms with E-state index in [1.165, 1.54) is 16.2 Å². The van der Waals surface area contributed by atoms with Crippen molar-refractivity contribution in [2.45, 2.75) is 0 Å². The maximum atomic E-state index is 10.2. The zero-order valence-corrected chi connectivity index (χ0v) is 15.0. The predicted molar refractivity (Wildman–Crippen MR) is 117 cm³/mol. The van der Waals surface area contributed by atoms with Crippen LogP contribution in [-0.2, 0) is 0 Å². The van der Waals surface area contributed by atoms with Gasteiger partial charge in [0.05, 0.1) is 0 Å². The van der Waals surface area contributed by atoms with Gasteiger partial charge in [0.2, 0.25) is 0 Å². The quantitative estimate of drug-likeness (QED) is 0.290. The first kappa shape index (κ1) is 15.3. The van der Waals surface area contributed by atoms with E-state index in [-0.39, 0.29) is 11.5 Å². The minimum Gasteiger partial charge on any atom is -0.508 e. The lowest BCUT2D eigenvalue weighted by Crippen LogP contribution is -1.88. The van der Waals surface area contributed by atoms with Crippen molar-refractivity contribution in [3.63, 3.8) is 0 Å². The highest BCUT2D eigenvalue weighted by Gasteiger charge is 2.16. The molecule has 132 valence electrons. The van der Waals surface area contributed by atoms with Gasteiger partial charge in [0, 0.05) is 0 Å². The standard InChI is InChI=1S/C26H16O2/c27-15-9-11-21-23(13-15)17-5-1-3-7-19(17)25-20-8-4-2-6-18(20)24-14-16(28)10-12-22(24)26(21)25/h1-14,27-28H. The molecule has 0 heterocycles. The van der Waals surface area contributed by atoms with Crippen LogP contribution in [0.25, 0.3) is 53.9 Å². The molecule has 28 heavy (non-hydrogen) atoms. The van der Waals surface area contributed by atoms with Crippen molar-refractivity contribution in [1.82, 2.24) is 0 Å². The number of fused-ring (bicyclic) bond motifs is 11. The van der Waals surface area contributed by atoms with Crippen molar-refractivity contribution in [3.8, 4) is 11.5 Å². The molecule has 6 aromatic rings. The molecule has 0 aromatic heterocycles. The SMILES string of the molecule is Oc1ccc2c(c1)c1ccccc1c1c3ccccc3c3cc(O)ccc3c21. The predicted octanol–water partition coefficient (Wildman–Crippen LogP) is 6.86. The maximum absolute atomic E-state index is 10.2. The van der Waals surface area contributed by atoms with Crippen LogP contribution in [0.5, 0.6) is 11.5 Å². The average Bonchev–Trinajstić information content (AvgIpc) is 2.73. The zero-order valence-electron chi connectivity index (χ0n) is 15.0. The van der Waals surface area contributed by atoms with E-state index < -0.39 is 0 Å². The van der Waals surface area contributed by atoms with Gasteiger partial charge in [0.25, 0.3) is 0 Å². The van der Waals surface area contributed by atoms with E-state index in [0.717, 1.165) is 37.7 Å². The average molecular weight is 360 g/mol. The summed E-state index contributed by atoms with van der Waals surface area (Å²) in [5.74, 6) is 0.527. The first-order valence-electron chi connectivity index (χ1n) is 9.33. The van der Waals surface area contributed by atoms with Gasteiger partial charge in [-0.25, -0.2) is 0 Å². The van der Waals surface area contributed by atoms with E-state index in [9.17, 15) is 10.2 Å². The van der Waals surface area contributed by atoms with Crippen molar-refractivity contribution in [1.29, 1.82) is 0 Å². The highest BCUT2D eigenvalue weighted by atomic mass is 16.3. The summed E-state index contributed by atoms with van der Waals surface area (Å²) in [6, 6.07) is 27.9. The second-order valence-corrected chi connectivity index (χ2v) is 7.30. The number of rotatable bonds is 0. The summed E-state index contributed by atoms with van der Waals surface area (Å²) in [7, 11) is 0. The van der Waals surface area contributed by atoms with E-state index >= 15 is 0 Å². The monoisotopic (exact) mass is 360 g/mol. The Bertz CT molecular complexity index is 1460. The van der Waals surface area contributed by atoms with Crippen LogP contribution in [0.15, 0.2) is 84.9 Å². The summed E-state index contributed by atoms with van der Waals surface area (Å²) in [6.07, 6.45) is 0. The van der Waals surface area contributed by atoms with Crippen LogP contribution >= 0.6 is 0 Å². The summed E-state index contributed by atoms with van der Waals surface area (Å²) in [5, 5.41) is 31.5. The molecule has 0 atom stereocenters. The van der Waals surface area contributed by atoms with Gasteiger partial charge in [0.15, 0.2) is 0 Å². The van der Waals surface area contributed by atoms with E-state index in [4.69, 9.17) is 0 Å². The number of aromatic hydroxyl groups is 2. The second kappa shape index (κ2) is 5.37. The van der Waals surface area contributed by atoms with Gasteiger partial charge in [-0.05, 0) is 78.1 Å². The third-order valence-electron chi connectivity index (χ3n) is 5.77. The van der Waals surface area contributed by atoms with Crippen molar-refractivity contribution in [3.05, 3.63) is 84.9 Å². The number of benzene rings is 6. The molecule has 6 rings (SSSR count). The van der Waals surface area contributed by atoms with Crippen molar-refractivity contribution < 1.29 is 10.2 Å². The molecule has 2 nitrogen and oxygen atoms in total. The van der Waals surface area contributed by atoms with Crippen LogP contribution in [0.1, 0.15) is 0 Å². The minimum absolute atomic E-state index is 0.264. The maximum Gasteiger partial charge on any atom is 0.116 e. The van der Waals surface area contributed by atoms with Crippen LogP contribution in [0.2, 0.25) is 0 Å². The van der Waals surface area contributed by atoms with Crippen molar-refractivity contribution in [2.24, 2.45) is 0 Å².